The van der Waals surface area contributed by atoms with E-state index in [4.69, 9.17) is 4.74 Å². The molecular weight excluding hydrogens is 226 g/mol. The predicted octanol–water partition coefficient (Wildman–Crippen LogP) is 1.80. The van der Waals surface area contributed by atoms with Crippen LogP contribution >= 0.6 is 0 Å². The molecule has 4 heteroatoms. The molecule has 1 aliphatic heterocycles. The third-order valence-corrected chi connectivity index (χ3v) is 3.08. The monoisotopic (exact) mass is 249 g/mol. The topological polar surface area (TPSA) is 37.4 Å². The standard InChI is InChI=1S/C14H23N3O/c1-11-9-17(10-14(2,3)18-11)13-6-5-12(7-15-4)8-16-13/h5-6,8,11,15H,7,9-10H2,1-4H3. The highest BCUT2D eigenvalue weighted by Crippen LogP contribution is 2.24. The molecule has 1 atom stereocenters. The molecule has 1 N–H and O–H groups in total. The number of morpholine rings is 1. The average Bonchev–Trinajstić information content (AvgIpc) is 2.27. The van der Waals surface area contributed by atoms with Gasteiger partial charge < -0.3 is 15.0 Å². The van der Waals surface area contributed by atoms with E-state index in [0.29, 0.717) is 0 Å². The van der Waals surface area contributed by atoms with Gasteiger partial charge in [-0.25, -0.2) is 4.98 Å². The minimum atomic E-state index is -0.108. The van der Waals surface area contributed by atoms with Crippen molar-refractivity contribution in [2.45, 2.75) is 39.0 Å². The lowest BCUT2D eigenvalue weighted by Crippen LogP contribution is -2.52. The van der Waals surface area contributed by atoms with E-state index in [1.807, 2.05) is 13.2 Å². The average molecular weight is 249 g/mol. The molecule has 1 aromatic rings. The van der Waals surface area contributed by atoms with Crippen molar-refractivity contribution in [1.82, 2.24) is 10.3 Å². The van der Waals surface area contributed by atoms with Crippen LogP contribution in [0.4, 0.5) is 5.82 Å². The third kappa shape index (κ3) is 3.21. The smallest absolute Gasteiger partial charge is 0.128 e. The van der Waals surface area contributed by atoms with Crippen LogP contribution in [0.3, 0.4) is 0 Å². The molecule has 4 nitrogen and oxygen atoms in total. The van der Waals surface area contributed by atoms with Crippen LogP contribution in [0.1, 0.15) is 26.3 Å². The molecular formula is C14H23N3O. The van der Waals surface area contributed by atoms with E-state index in [-0.39, 0.29) is 11.7 Å². The van der Waals surface area contributed by atoms with E-state index in [1.54, 1.807) is 0 Å². The second-order valence-corrected chi connectivity index (χ2v) is 5.62. The van der Waals surface area contributed by atoms with Crippen LogP contribution in [0.5, 0.6) is 0 Å². The number of pyridine rings is 1. The maximum Gasteiger partial charge on any atom is 0.128 e. The molecule has 1 aliphatic rings. The number of anilines is 1. The third-order valence-electron chi connectivity index (χ3n) is 3.08. The number of hydrogen-bond donors (Lipinski definition) is 1. The lowest BCUT2D eigenvalue weighted by Gasteiger charge is -2.42. The highest BCUT2D eigenvalue weighted by atomic mass is 16.5. The fourth-order valence-electron chi connectivity index (χ4n) is 2.54. The molecule has 0 radical (unpaired) electrons. The lowest BCUT2D eigenvalue weighted by atomic mass is 10.1. The maximum atomic E-state index is 5.91. The zero-order valence-corrected chi connectivity index (χ0v) is 11.7. The summed E-state index contributed by atoms with van der Waals surface area (Å²) in [6.45, 7) is 9.02. The summed E-state index contributed by atoms with van der Waals surface area (Å²) in [5.74, 6) is 1.04. The van der Waals surface area contributed by atoms with Gasteiger partial charge in [0.25, 0.3) is 0 Å². The molecule has 0 saturated carbocycles. The van der Waals surface area contributed by atoms with Crippen molar-refractivity contribution in [3.05, 3.63) is 23.9 Å². The van der Waals surface area contributed by atoms with Gasteiger partial charge in [-0.2, -0.15) is 0 Å². The summed E-state index contributed by atoms with van der Waals surface area (Å²) in [5.41, 5.74) is 1.10. The van der Waals surface area contributed by atoms with Crippen LogP contribution < -0.4 is 10.2 Å². The van der Waals surface area contributed by atoms with Gasteiger partial charge in [0.1, 0.15) is 5.82 Å². The molecule has 18 heavy (non-hydrogen) atoms. The van der Waals surface area contributed by atoms with E-state index in [2.05, 4.69) is 48.1 Å². The van der Waals surface area contributed by atoms with Crippen LogP contribution in [0.25, 0.3) is 0 Å². The number of aromatic nitrogens is 1. The largest absolute Gasteiger partial charge is 0.369 e. The van der Waals surface area contributed by atoms with Gasteiger partial charge in [-0.1, -0.05) is 6.07 Å². The van der Waals surface area contributed by atoms with Crippen molar-refractivity contribution in [3.8, 4) is 0 Å². The van der Waals surface area contributed by atoms with Crippen LogP contribution in [0, 0.1) is 0 Å². The Hall–Kier alpha value is -1.13. The molecule has 0 aromatic carbocycles. The lowest BCUT2D eigenvalue weighted by molar-refractivity contribution is -0.0751. The SMILES string of the molecule is CNCc1ccc(N2CC(C)OC(C)(C)C2)nc1. The summed E-state index contributed by atoms with van der Waals surface area (Å²) in [5, 5.41) is 3.13. The quantitative estimate of drug-likeness (QED) is 0.886. The van der Waals surface area contributed by atoms with Gasteiger partial charge >= 0.3 is 0 Å². The van der Waals surface area contributed by atoms with E-state index in [9.17, 15) is 0 Å². The highest BCUT2D eigenvalue weighted by molar-refractivity contribution is 5.40. The number of ether oxygens (including phenoxy) is 1. The zero-order chi connectivity index (χ0) is 13.2. The minimum Gasteiger partial charge on any atom is -0.369 e. The Morgan fingerprint density at radius 2 is 2.28 bits per heavy atom. The Kier molecular flexibility index (Phi) is 3.88. The molecule has 1 saturated heterocycles. The summed E-state index contributed by atoms with van der Waals surface area (Å²) in [4.78, 5) is 6.85. The van der Waals surface area contributed by atoms with Gasteiger partial charge in [0.15, 0.2) is 0 Å². The molecule has 0 amide bonds. The first-order valence-electron chi connectivity index (χ1n) is 6.52. The highest BCUT2D eigenvalue weighted by Gasteiger charge is 2.31. The first-order chi connectivity index (χ1) is 8.50. The number of rotatable bonds is 3. The molecule has 2 heterocycles. The summed E-state index contributed by atoms with van der Waals surface area (Å²) < 4.78 is 5.91. The van der Waals surface area contributed by atoms with Gasteiger partial charge in [0, 0.05) is 25.8 Å². The van der Waals surface area contributed by atoms with Crippen molar-refractivity contribution >= 4 is 5.82 Å². The second kappa shape index (κ2) is 5.24. The minimum absolute atomic E-state index is 0.108. The summed E-state index contributed by atoms with van der Waals surface area (Å²) in [6.07, 6.45) is 2.19. The Morgan fingerprint density at radius 1 is 1.50 bits per heavy atom. The molecule has 1 unspecified atom stereocenters. The fraction of sp³-hybridized carbons (Fsp3) is 0.643. The van der Waals surface area contributed by atoms with Gasteiger partial charge in [-0.3, -0.25) is 0 Å². The number of nitrogens with zero attached hydrogens (tertiary/aromatic N) is 2. The van der Waals surface area contributed by atoms with E-state index < -0.39 is 0 Å². The summed E-state index contributed by atoms with van der Waals surface area (Å²) in [7, 11) is 1.94. The predicted molar refractivity (Wildman–Crippen MR) is 73.8 cm³/mol. The van der Waals surface area contributed by atoms with Crippen molar-refractivity contribution in [2.24, 2.45) is 0 Å². The molecule has 1 fully saturated rings. The van der Waals surface area contributed by atoms with Gasteiger partial charge in [-0.15, -0.1) is 0 Å². The Morgan fingerprint density at radius 3 is 2.83 bits per heavy atom. The summed E-state index contributed by atoms with van der Waals surface area (Å²) in [6, 6.07) is 4.23. The van der Waals surface area contributed by atoms with Crippen molar-refractivity contribution in [1.29, 1.82) is 0 Å². The van der Waals surface area contributed by atoms with E-state index in [1.165, 1.54) is 5.56 Å². The van der Waals surface area contributed by atoms with Crippen molar-refractivity contribution in [2.75, 3.05) is 25.0 Å². The molecule has 0 aliphatic carbocycles. The zero-order valence-electron chi connectivity index (χ0n) is 11.7. The van der Waals surface area contributed by atoms with Crippen molar-refractivity contribution in [3.63, 3.8) is 0 Å². The van der Waals surface area contributed by atoms with Crippen LogP contribution in [-0.2, 0) is 11.3 Å². The first kappa shape index (κ1) is 13.3. The van der Waals surface area contributed by atoms with E-state index in [0.717, 1.165) is 25.5 Å². The Labute approximate surface area is 109 Å². The molecule has 0 spiro atoms. The van der Waals surface area contributed by atoms with E-state index >= 15 is 0 Å². The first-order valence-corrected chi connectivity index (χ1v) is 6.52. The molecule has 1 aromatic heterocycles. The maximum absolute atomic E-state index is 5.91. The van der Waals surface area contributed by atoms with Gasteiger partial charge in [0.05, 0.1) is 11.7 Å². The van der Waals surface area contributed by atoms with Crippen LogP contribution in [-0.4, -0.2) is 36.8 Å². The normalized spacial score (nSPS) is 23.1. The fourth-order valence-corrected chi connectivity index (χ4v) is 2.54. The van der Waals surface area contributed by atoms with Gasteiger partial charge in [0.2, 0.25) is 0 Å². The molecule has 0 bridgehead atoms. The summed E-state index contributed by atoms with van der Waals surface area (Å²) >= 11 is 0. The van der Waals surface area contributed by atoms with Crippen LogP contribution in [0.2, 0.25) is 0 Å². The van der Waals surface area contributed by atoms with Crippen molar-refractivity contribution < 1.29 is 4.74 Å². The molecule has 2 rings (SSSR count). The van der Waals surface area contributed by atoms with Crippen LogP contribution in [0.15, 0.2) is 18.3 Å². The number of nitrogens with one attached hydrogen (secondary N) is 1. The Bertz CT molecular complexity index is 389. The van der Waals surface area contributed by atoms with Gasteiger partial charge in [-0.05, 0) is 39.4 Å². The molecule has 100 valence electrons. The Balaban J connectivity index is 2.10. The number of hydrogen-bond acceptors (Lipinski definition) is 4. The second-order valence-electron chi connectivity index (χ2n) is 5.62.